The van der Waals surface area contributed by atoms with Crippen molar-refractivity contribution in [1.29, 1.82) is 0 Å². The Hall–Kier alpha value is -1.48. The van der Waals surface area contributed by atoms with Crippen LogP contribution in [0.15, 0.2) is 53.0 Å². The smallest absolute Gasteiger partial charge is 0.118 e. The Morgan fingerprint density at radius 3 is 2.21 bits per heavy atom. The number of methoxy groups -OCH3 is 1. The van der Waals surface area contributed by atoms with Gasteiger partial charge in [-0.2, -0.15) is 0 Å². The summed E-state index contributed by atoms with van der Waals surface area (Å²) in [5, 5.41) is 3.55. The fourth-order valence-corrected chi connectivity index (χ4v) is 2.27. The number of hydrogen-bond acceptors (Lipinski definition) is 2. The summed E-state index contributed by atoms with van der Waals surface area (Å²) >= 11 is 3.45. The first-order chi connectivity index (χ1) is 9.22. The maximum Gasteiger partial charge on any atom is 0.118 e. The van der Waals surface area contributed by atoms with E-state index in [4.69, 9.17) is 4.74 Å². The van der Waals surface area contributed by atoms with Crippen molar-refractivity contribution in [2.45, 2.75) is 19.4 Å². The number of ether oxygens (including phenoxy) is 1. The Kier molecular flexibility index (Phi) is 4.86. The van der Waals surface area contributed by atoms with Gasteiger partial charge in [-0.25, -0.2) is 0 Å². The zero-order chi connectivity index (χ0) is 13.7. The number of halogens is 1. The fourth-order valence-electron chi connectivity index (χ4n) is 2.00. The largest absolute Gasteiger partial charge is 0.497 e. The molecule has 1 atom stereocenters. The summed E-state index contributed by atoms with van der Waals surface area (Å²) < 4.78 is 6.28. The molecule has 0 aliphatic heterocycles. The maximum absolute atomic E-state index is 5.19. The van der Waals surface area contributed by atoms with Gasteiger partial charge in [0.15, 0.2) is 0 Å². The summed E-state index contributed by atoms with van der Waals surface area (Å²) in [7, 11) is 1.69. The molecule has 0 saturated carbocycles. The third-order valence-electron chi connectivity index (χ3n) is 3.11. The van der Waals surface area contributed by atoms with Crippen LogP contribution in [0.5, 0.6) is 5.75 Å². The van der Waals surface area contributed by atoms with Gasteiger partial charge in [0.25, 0.3) is 0 Å². The van der Waals surface area contributed by atoms with E-state index >= 15 is 0 Å². The van der Waals surface area contributed by atoms with Crippen molar-refractivity contribution in [2.24, 2.45) is 0 Å². The Bertz CT molecular complexity index is 507. The molecule has 0 amide bonds. The molecule has 19 heavy (non-hydrogen) atoms. The van der Waals surface area contributed by atoms with Gasteiger partial charge in [0.1, 0.15) is 5.75 Å². The van der Waals surface area contributed by atoms with Gasteiger partial charge in [-0.1, -0.05) is 35.0 Å². The minimum atomic E-state index is 0.312. The average molecular weight is 320 g/mol. The lowest BCUT2D eigenvalue weighted by atomic mass is 10.0. The SMILES string of the molecule is CC[C@H](Nc1ccc(Br)cc1)c1ccc(OC)cc1. The second-order valence-corrected chi connectivity index (χ2v) is 5.30. The monoisotopic (exact) mass is 319 g/mol. The Morgan fingerprint density at radius 2 is 1.68 bits per heavy atom. The summed E-state index contributed by atoms with van der Waals surface area (Å²) in [6, 6.07) is 16.8. The average Bonchev–Trinajstić information content (AvgIpc) is 2.47. The number of nitrogens with one attached hydrogen (secondary N) is 1. The van der Waals surface area contributed by atoms with E-state index in [1.807, 2.05) is 24.3 Å². The van der Waals surface area contributed by atoms with Gasteiger partial charge in [-0.3, -0.25) is 0 Å². The van der Waals surface area contributed by atoms with Gasteiger partial charge in [-0.15, -0.1) is 0 Å². The standard InChI is InChI=1S/C16H18BrNO/c1-3-16(12-4-10-15(19-2)11-5-12)18-14-8-6-13(17)7-9-14/h4-11,16,18H,3H2,1-2H3/t16-/m0/s1. The first kappa shape index (κ1) is 13.9. The lowest BCUT2D eigenvalue weighted by molar-refractivity contribution is 0.414. The molecule has 0 unspecified atom stereocenters. The number of hydrogen-bond donors (Lipinski definition) is 1. The first-order valence-electron chi connectivity index (χ1n) is 6.39. The molecule has 0 bridgehead atoms. The highest BCUT2D eigenvalue weighted by atomic mass is 79.9. The highest BCUT2D eigenvalue weighted by molar-refractivity contribution is 9.10. The molecule has 0 heterocycles. The van der Waals surface area contributed by atoms with Gasteiger partial charge in [-0.05, 0) is 48.4 Å². The predicted octanol–water partition coefficient (Wildman–Crippen LogP) is 5.02. The second-order valence-electron chi connectivity index (χ2n) is 4.39. The van der Waals surface area contributed by atoms with Crippen LogP contribution in [0.2, 0.25) is 0 Å². The number of benzene rings is 2. The van der Waals surface area contributed by atoms with Gasteiger partial charge in [0.2, 0.25) is 0 Å². The van der Waals surface area contributed by atoms with Gasteiger partial charge >= 0.3 is 0 Å². The Balaban J connectivity index is 2.12. The van der Waals surface area contributed by atoms with Crippen LogP contribution in [0, 0.1) is 0 Å². The molecule has 0 aliphatic carbocycles. The van der Waals surface area contributed by atoms with Gasteiger partial charge in [0.05, 0.1) is 13.2 Å². The predicted molar refractivity (Wildman–Crippen MR) is 83.8 cm³/mol. The summed E-state index contributed by atoms with van der Waals surface area (Å²) in [4.78, 5) is 0. The zero-order valence-corrected chi connectivity index (χ0v) is 12.8. The van der Waals surface area contributed by atoms with Gasteiger partial charge in [0, 0.05) is 10.2 Å². The molecule has 0 aliphatic rings. The van der Waals surface area contributed by atoms with Crippen LogP contribution >= 0.6 is 15.9 Å². The quantitative estimate of drug-likeness (QED) is 0.835. The van der Waals surface area contributed by atoms with Crippen LogP contribution in [0.3, 0.4) is 0 Å². The maximum atomic E-state index is 5.19. The Morgan fingerprint density at radius 1 is 1.05 bits per heavy atom. The molecule has 100 valence electrons. The molecule has 0 fully saturated rings. The van der Waals surface area contributed by atoms with Crippen LogP contribution in [-0.2, 0) is 0 Å². The van der Waals surface area contributed by atoms with Crippen LogP contribution in [-0.4, -0.2) is 7.11 Å². The van der Waals surface area contributed by atoms with E-state index in [1.54, 1.807) is 7.11 Å². The van der Waals surface area contributed by atoms with Crippen molar-refractivity contribution in [2.75, 3.05) is 12.4 Å². The number of anilines is 1. The van der Waals surface area contributed by atoms with Crippen molar-refractivity contribution < 1.29 is 4.74 Å². The summed E-state index contributed by atoms with van der Waals surface area (Å²) in [5.74, 6) is 0.891. The molecule has 1 N–H and O–H groups in total. The highest BCUT2D eigenvalue weighted by Crippen LogP contribution is 2.25. The summed E-state index contributed by atoms with van der Waals surface area (Å²) in [5.41, 5.74) is 2.40. The zero-order valence-electron chi connectivity index (χ0n) is 11.2. The van der Waals surface area contributed by atoms with E-state index in [9.17, 15) is 0 Å². The van der Waals surface area contributed by atoms with E-state index in [-0.39, 0.29) is 0 Å². The first-order valence-corrected chi connectivity index (χ1v) is 7.18. The summed E-state index contributed by atoms with van der Waals surface area (Å²) in [6.45, 7) is 2.18. The molecule has 3 heteroatoms. The third kappa shape index (κ3) is 3.74. The molecule has 2 aromatic carbocycles. The summed E-state index contributed by atoms with van der Waals surface area (Å²) in [6.07, 6.45) is 1.03. The van der Waals surface area contributed by atoms with Crippen molar-refractivity contribution >= 4 is 21.6 Å². The molecular formula is C16H18BrNO. The molecule has 0 aromatic heterocycles. The molecule has 2 nitrogen and oxygen atoms in total. The van der Waals surface area contributed by atoms with Crippen LogP contribution in [0.1, 0.15) is 24.9 Å². The third-order valence-corrected chi connectivity index (χ3v) is 3.64. The molecule has 2 rings (SSSR count). The molecule has 0 spiro atoms. The minimum absolute atomic E-state index is 0.312. The number of rotatable bonds is 5. The lowest BCUT2D eigenvalue weighted by Gasteiger charge is -2.19. The normalized spacial score (nSPS) is 11.9. The Labute approximate surface area is 122 Å². The van der Waals surface area contributed by atoms with E-state index in [0.29, 0.717) is 6.04 Å². The van der Waals surface area contributed by atoms with Crippen molar-refractivity contribution in [1.82, 2.24) is 0 Å². The topological polar surface area (TPSA) is 21.3 Å². The molecule has 2 aromatic rings. The molecule has 0 saturated heterocycles. The van der Waals surface area contributed by atoms with Crippen LogP contribution < -0.4 is 10.1 Å². The van der Waals surface area contributed by atoms with Crippen LogP contribution in [0.4, 0.5) is 5.69 Å². The molecule has 0 radical (unpaired) electrons. The molecular weight excluding hydrogens is 302 g/mol. The van der Waals surface area contributed by atoms with E-state index in [1.165, 1.54) is 5.56 Å². The van der Waals surface area contributed by atoms with Crippen molar-refractivity contribution in [3.8, 4) is 5.75 Å². The van der Waals surface area contributed by atoms with E-state index in [2.05, 4.69) is 52.4 Å². The van der Waals surface area contributed by atoms with Crippen molar-refractivity contribution in [3.63, 3.8) is 0 Å². The van der Waals surface area contributed by atoms with E-state index in [0.717, 1.165) is 22.3 Å². The highest BCUT2D eigenvalue weighted by Gasteiger charge is 2.09. The van der Waals surface area contributed by atoms with Gasteiger partial charge < -0.3 is 10.1 Å². The second kappa shape index (κ2) is 6.62. The minimum Gasteiger partial charge on any atom is -0.497 e. The van der Waals surface area contributed by atoms with Crippen LogP contribution in [0.25, 0.3) is 0 Å². The lowest BCUT2D eigenvalue weighted by Crippen LogP contribution is -2.09. The fraction of sp³-hybridized carbons (Fsp3) is 0.250. The van der Waals surface area contributed by atoms with Crippen molar-refractivity contribution in [3.05, 3.63) is 58.6 Å². The van der Waals surface area contributed by atoms with E-state index < -0.39 is 0 Å².